The highest BCUT2D eigenvalue weighted by Gasteiger charge is 2.12. The Balaban J connectivity index is 2.19. The Kier molecular flexibility index (Phi) is 4.93. The van der Waals surface area contributed by atoms with Gasteiger partial charge in [-0.15, -0.1) is 0 Å². The molecule has 0 saturated carbocycles. The first-order chi connectivity index (χ1) is 10.3. The van der Waals surface area contributed by atoms with E-state index < -0.39 is 15.2 Å². The Morgan fingerprint density at radius 2 is 1.77 bits per heavy atom. The van der Waals surface area contributed by atoms with Crippen LogP contribution in [-0.2, 0) is 13.8 Å². The van der Waals surface area contributed by atoms with Crippen molar-refractivity contribution in [3.63, 3.8) is 0 Å². The summed E-state index contributed by atoms with van der Waals surface area (Å²) >= 11 is 0. The van der Waals surface area contributed by atoms with Gasteiger partial charge in [0.25, 0.3) is 9.05 Å². The van der Waals surface area contributed by atoms with E-state index in [2.05, 4.69) is 0 Å². The number of carbonyl (C=O) groups excluding carboxylic acids is 1. The standard InChI is InChI=1S/C15H15ClO5S/c1-10(2)9-20-15(17)21-13-5-3-12-8-14(22(16,18)19)6-4-11(12)7-13/h3-8,10H,9H2,1-2H3. The normalized spacial score (nSPS) is 11.6. The maximum absolute atomic E-state index is 11.5. The third-order valence-electron chi connectivity index (χ3n) is 2.80. The maximum atomic E-state index is 11.5. The highest BCUT2D eigenvalue weighted by molar-refractivity contribution is 8.13. The average molecular weight is 343 g/mol. The second kappa shape index (κ2) is 6.54. The zero-order chi connectivity index (χ0) is 16.3. The smallest absolute Gasteiger partial charge is 0.434 e. The predicted molar refractivity (Wildman–Crippen MR) is 83.8 cm³/mol. The fourth-order valence-corrected chi connectivity index (χ4v) is 2.56. The SMILES string of the molecule is CC(C)COC(=O)Oc1ccc2cc(S(=O)(=O)Cl)ccc2c1. The van der Waals surface area contributed by atoms with Crippen molar-refractivity contribution in [2.45, 2.75) is 18.7 Å². The lowest BCUT2D eigenvalue weighted by molar-refractivity contribution is 0.0886. The lowest BCUT2D eigenvalue weighted by Gasteiger charge is -2.08. The zero-order valence-electron chi connectivity index (χ0n) is 12.1. The molecule has 0 saturated heterocycles. The van der Waals surface area contributed by atoms with E-state index in [0.717, 1.165) is 5.39 Å². The lowest BCUT2D eigenvalue weighted by Crippen LogP contribution is -2.14. The number of hydrogen-bond donors (Lipinski definition) is 0. The van der Waals surface area contributed by atoms with Gasteiger partial charge in [0, 0.05) is 10.7 Å². The molecule has 0 fully saturated rings. The third-order valence-corrected chi connectivity index (χ3v) is 4.15. The van der Waals surface area contributed by atoms with Crippen LogP contribution < -0.4 is 4.74 Å². The summed E-state index contributed by atoms with van der Waals surface area (Å²) < 4.78 is 32.6. The van der Waals surface area contributed by atoms with Crippen molar-refractivity contribution in [3.8, 4) is 5.75 Å². The highest BCUT2D eigenvalue weighted by Crippen LogP contribution is 2.25. The second-order valence-electron chi connectivity index (χ2n) is 5.17. The molecule has 5 nitrogen and oxygen atoms in total. The molecule has 0 aliphatic rings. The molecule has 0 spiro atoms. The van der Waals surface area contributed by atoms with E-state index in [-0.39, 0.29) is 17.4 Å². The van der Waals surface area contributed by atoms with Gasteiger partial charge in [-0.05, 0) is 41.0 Å². The first-order valence-corrected chi connectivity index (χ1v) is 8.90. The van der Waals surface area contributed by atoms with Gasteiger partial charge in [0.15, 0.2) is 0 Å². The molecular formula is C15H15ClO5S. The van der Waals surface area contributed by atoms with E-state index in [0.29, 0.717) is 11.1 Å². The quantitative estimate of drug-likeness (QED) is 0.478. The van der Waals surface area contributed by atoms with Crippen LogP contribution in [0, 0.1) is 5.92 Å². The van der Waals surface area contributed by atoms with E-state index >= 15 is 0 Å². The Morgan fingerprint density at radius 1 is 1.14 bits per heavy atom. The van der Waals surface area contributed by atoms with Crippen molar-refractivity contribution < 1.29 is 22.7 Å². The van der Waals surface area contributed by atoms with Gasteiger partial charge in [-0.3, -0.25) is 0 Å². The molecule has 0 heterocycles. The highest BCUT2D eigenvalue weighted by atomic mass is 35.7. The van der Waals surface area contributed by atoms with Gasteiger partial charge in [0.2, 0.25) is 0 Å². The number of fused-ring (bicyclic) bond motifs is 1. The summed E-state index contributed by atoms with van der Waals surface area (Å²) in [6.07, 6.45) is -0.770. The molecule has 0 aliphatic heterocycles. The summed E-state index contributed by atoms with van der Waals surface area (Å²) in [7, 11) is 1.53. The molecule has 7 heteroatoms. The van der Waals surface area contributed by atoms with Gasteiger partial charge < -0.3 is 9.47 Å². The van der Waals surface area contributed by atoms with Crippen LogP contribution >= 0.6 is 10.7 Å². The third kappa shape index (κ3) is 4.35. The monoisotopic (exact) mass is 342 g/mol. The van der Waals surface area contributed by atoms with Crippen LogP contribution in [0.2, 0.25) is 0 Å². The minimum atomic E-state index is -3.77. The first kappa shape index (κ1) is 16.6. The second-order valence-corrected chi connectivity index (χ2v) is 7.73. The van der Waals surface area contributed by atoms with Crippen molar-refractivity contribution in [2.24, 2.45) is 5.92 Å². The molecule has 2 aromatic carbocycles. The molecule has 0 atom stereocenters. The topological polar surface area (TPSA) is 69.7 Å². The Bertz CT molecular complexity index is 799. The van der Waals surface area contributed by atoms with Crippen molar-refractivity contribution in [1.82, 2.24) is 0 Å². The van der Waals surface area contributed by atoms with Gasteiger partial charge in [0.05, 0.1) is 11.5 Å². The van der Waals surface area contributed by atoms with Crippen molar-refractivity contribution in [2.75, 3.05) is 6.61 Å². The molecule has 0 aliphatic carbocycles. The zero-order valence-corrected chi connectivity index (χ0v) is 13.6. The van der Waals surface area contributed by atoms with Crippen molar-refractivity contribution in [1.29, 1.82) is 0 Å². The number of halogens is 1. The number of hydrogen-bond acceptors (Lipinski definition) is 5. The number of rotatable bonds is 4. The minimum absolute atomic E-state index is 0.0201. The Hall–Kier alpha value is -1.79. The summed E-state index contributed by atoms with van der Waals surface area (Å²) in [4.78, 5) is 11.5. The number of carbonyl (C=O) groups is 1. The minimum Gasteiger partial charge on any atom is -0.434 e. The van der Waals surface area contributed by atoms with Crippen LogP contribution in [0.15, 0.2) is 41.3 Å². The number of ether oxygens (including phenoxy) is 2. The fourth-order valence-electron chi connectivity index (χ4n) is 1.78. The summed E-state index contributed by atoms with van der Waals surface area (Å²) in [5.41, 5.74) is 0. The summed E-state index contributed by atoms with van der Waals surface area (Å²) in [6, 6.07) is 9.27. The predicted octanol–water partition coefficient (Wildman–Crippen LogP) is 3.94. The summed E-state index contributed by atoms with van der Waals surface area (Å²) in [5.74, 6) is 0.544. The van der Waals surface area contributed by atoms with E-state index in [1.165, 1.54) is 12.1 Å². The molecule has 2 rings (SSSR count). The van der Waals surface area contributed by atoms with Crippen LogP contribution in [0.1, 0.15) is 13.8 Å². The van der Waals surface area contributed by atoms with Gasteiger partial charge in [-0.1, -0.05) is 26.0 Å². The molecule has 0 unspecified atom stereocenters. The average Bonchev–Trinajstić information content (AvgIpc) is 2.43. The number of benzene rings is 2. The van der Waals surface area contributed by atoms with E-state index in [4.69, 9.17) is 20.2 Å². The van der Waals surface area contributed by atoms with Crippen LogP contribution in [0.25, 0.3) is 10.8 Å². The molecular weight excluding hydrogens is 328 g/mol. The molecule has 0 N–H and O–H groups in total. The van der Waals surface area contributed by atoms with Crippen LogP contribution in [0.4, 0.5) is 4.79 Å². The largest absolute Gasteiger partial charge is 0.513 e. The first-order valence-electron chi connectivity index (χ1n) is 6.59. The molecule has 0 bridgehead atoms. The van der Waals surface area contributed by atoms with Gasteiger partial charge >= 0.3 is 6.16 Å². The van der Waals surface area contributed by atoms with E-state index in [1.807, 2.05) is 13.8 Å². The molecule has 0 radical (unpaired) electrons. The Labute approximate surface area is 133 Å². The molecule has 0 amide bonds. The van der Waals surface area contributed by atoms with E-state index in [1.54, 1.807) is 24.3 Å². The maximum Gasteiger partial charge on any atom is 0.513 e. The molecule has 118 valence electrons. The van der Waals surface area contributed by atoms with Crippen LogP contribution in [0.5, 0.6) is 5.75 Å². The molecule has 22 heavy (non-hydrogen) atoms. The molecule has 0 aromatic heterocycles. The van der Waals surface area contributed by atoms with E-state index in [9.17, 15) is 13.2 Å². The summed E-state index contributed by atoms with van der Waals surface area (Å²) in [5, 5.41) is 1.39. The lowest BCUT2D eigenvalue weighted by atomic mass is 10.1. The molecule has 2 aromatic rings. The van der Waals surface area contributed by atoms with Crippen LogP contribution in [0.3, 0.4) is 0 Å². The van der Waals surface area contributed by atoms with Gasteiger partial charge in [0.1, 0.15) is 5.75 Å². The van der Waals surface area contributed by atoms with Gasteiger partial charge in [-0.25, -0.2) is 13.2 Å². The van der Waals surface area contributed by atoms with Crippen molar-refractivity contribution in [3.05, 3.63) is 36.4 Å². The Morgan fingerprint density at radius 3 is 2.41 bits per heavy atom. The fraction of sp³-hybridized carbons (Fsp3) is 0.267. The van der Waals surface area contributed by atoms with Crippen molar-refractivity contribution >= 4 is 36.7 Å². The van der Waals surface area contributed by atoms with Crippen LogP contribution in [-0.4, -0.2) is 21.2 Å². The summed E-state index contributed by atoms with van der Waals surface area (Å²) in [6.45, 7) is 4.13. The van der Waals surface area contributed by atoms with Gasteiger partial charge in [-0.2, -0.15) is 0 Å².